The Kier molecular flexibility index (Phi) is 7.58. The van der Waals surface area contributed by atoms with Gasteiger partial charge in [0.05, 0.1) is 12.6 Å². The minimum atomic E-state index is -0.783. The molecule has 160 valence electrons. The van der Waals surface area contributed by atoms with Crippen LogP contribution in [-0.2, 0) is 27.3 Å². The van der Waals surface area contributed by atoms with Crippen molar-refractivity contribution in [1.82, 2.24) is 4.90 Å². The highest BCUT2D eigenvalue weighted by molar-refractivity contribution is 5.87. The molecule has 10 nitrogen and oxygen atoms in total. The number of azide groups is 1. The third kappa shape index (κ3) is 6.34. The van der Waals surface area contributed by atoms with Crippen molar-refractivity contribution in [2.75, 3.05) is 6.54 Å². The molecule has 0 aromatic heterocycles. The molecule has 0 radical (unpaired) electrons. The highest BCUT2D eigenvalue weighted by Gasteiger charge is 2.37. The zero-order valence-corrected chi connectivity index (χ0v) is 17.4. The summed E-state index contributed by atoms with van der Waals surface area (Å²) in [6.45, 7) is 6.07. The highest BCUT2D eigenvalue weighted by atomic mass is 16.5. The standard InChI is InChI=1S/C20H26N6O4/c1-20(2,3)30-16-6-4-13(14(8-16)10-23-12-27)5-7-18(28)26-11-15(24-25-22)9-17(26)19(21)29/h4,6,8,15,17H,5,7,9-11H2,1-3H3,(H2,21,29)/t15?,17-/m0/s1. The fraction of sp³-hybridized carbons (Fsp3) is 0.550. The first kappa shape index (κ1) is 22.9. The Morgan fingerprint density at radius 2 is 2.10 bits per heavy atom. The number of hydrogen-bond acceptors (Lipinski definition) is 6. The van der Waals surface area contributed by atoms with E-state index >= 15 is 0 Å². The molecule has 1 fully saturated rings. The molecule has 1 aromatic rings. The molecule has 0 saturated carbocycles. The number of benzene rings is 1. The number of hydrogen-bond donors (Lipinski definition) is 1. The highest BCUT2D eigenvalue weighted by Crippen LogP contribution is 2.25. The van der Waals surface area contributed by atoms with Crippen molar-refractivity contribution < 1.29 is 19.1 Å². The predicted molar refractivity (Wildman–Crippen MR) is 109 cm³/mol. The maximum atomic E-state index is 12.7. The van der Waals surface area contributed by atoms with Crippen LogP contribution in [0.2, 0.25) is 0 Å². The summed E-state index contributed by atoms with van der Waals surface area (Å²) in [7, 11) is 0. The summed E-state index contributed by atoms with van der Waals surface area (Å²) < 4.78 is 5.85. The van der Waals surface area contributed by atoms with Crippen LogP contribution in [0.3, 0.4) is 0 Å². The molecule has 1 aromatic carbocycles. The lowest BCUT2D eigenvalue weighted by atomic mass is 10.0. The van der Waals surface area contributed by atoms with Gasteiger partial charge in [-0.1, -0.05) is 11.2 Å². The van der Waals surface area contributed by atoms with E-state index in [0.717, 1.165) is 11.1 Å². The summed E-state index contributed by atoms with van der Waals surface area (Å²) in [4.78, 5) is 42.8. The molecule has 2 N–H and O–H groups in total. The van der Waals surface area contributed by atoms with Gasteiger partial charge in [-0.15, -0.1) is 0 Å². The lowest BCUT2D eigenvalue weighted by Crippen LogP contribution is -2.43. The number of amides is 2. The third-order valence-electron chi connectivity index (χ3n) is 4.67. The number of carbonyl (C=O) groups excluding carboxylic acids is 3. The Labute approximate surface area is 174 Å². The van der Waals surface area contributed by atoms with Gasteiger partial charge < -0.3 is 15.4 Å². The van der Waals surface area contributed by atoms with E-state index in [4.69, 9.17) is 16.0 Å². The number of aliphatic imine (C=N–C) groups is 1. The molecule has 1 aliphatic rings. The fourth-order valence-electron chi connectivity index (χ4n) is 3.43. The topological polar surface area (TPSA) is 151 Å². The SMILES string of the molecule is CC(C)(C)Oc1ccc(CCC(=O)N2CC(N=[N+]=[N-])C[C@H]2C(N)=O)c(CN=C=O)c1. The number of isocyanates is 1. The van der Waals surface area contributed by atoms with Gasteiger partial charge in [0, 0.05) is 17.9 Å². The molecule has 30 heavy (non-hydrogen) atoms. The molecule has 2 rings (SSSR count). The molecular formula is C20H26N6O4. The second kappa shape index (κ2) is 9.91. The lowest BCUT2D eigenvalue weighted by molar-refractivity contribution is -0.137. The van der Waals surface area contributed by atoms with Gasteiger partial charge in [-0.05, 0) is 62.4 Å². The Hall–Kier alpha value is -3.35. The largest absolute Gasteiger partial charge is 0.488 e. The van der Waals surface area contributed by atoms with Gasteiger partial charge in [0.2, 0.25) is 17.9 Å². The second-order valence-corrected chi connectivity index (χ2v) is 8.11. The summed E-state index contributed by atoms with van der Waals surface area (Å²) in [6.07, 6.45) is 2.26. The summed E-state index contributed by atoms with van der Waals surface area (Å²) in [5, 5.41) is 3.61. The van der Waals surface area contributed by atoms with Crippen LogP contribution in [0, 0.1) is 0 Å². The van der Waals surface area contributed by atoms with Gasteiger partial charge in [0.15, 0.2) is 0 Å². The molecule has 1 unspecified atom stereocenters. The Bertz CT molecular complexity index is 897. The van der Waals surface area contributed by atoms with Crippen molar-refractivity contribution in [2.24, 2.45) is 15.8 Å². The predicted octanol–water partition coefficient (Wildman–Crippen LogP) is 2.40. The van der Waals surface area contributed by atoms with E-state index in [-0.39, 0.29) is 37.4 Å². The first-order valence-corrected chi connectivity index (χ1v) is 9.62. The number of nitrogens with two attached hydrogens (primary N) is 1. The van der Waals surface area contributed by atoms with Crippen LogP contribution in [0.25, 0.3) is 10.4 Å². The molecule has 0 bridgehead atoms. The van der Waals surface area contributed by atoms with Crippen molar-refractivity contribution in [2.45, 2.75) is 64.3 Å². The maximum absolute atomic E-state index is 12.7. The van der Waals surface area contributed by atoms with Crippen LogP contribution in [0.15, 0.2) is 28.3 Å². The van der Waals surface area contributed by atoms with Crippen LogP contribution >= 0.6 is 0 Å². The summed E-state index contributed by atoms with van der Waals surface area (Å²) in [5.41, 5.74) is 15.2. The van der Waals surface area contributed by atoms with Gasteiger partial charge >= 0.3 is 0 Å². The van der Waals surface area contributed by atoms with Crippen molar-refractivity contribution >= 4 is 17.9 Å². The van der Waals surface area contributed by atoms with Gasteiger partial charge in [0.1, 0.15) is 17.4 Å². The number of likely N-dealkylation sites (tertiary alicyclic amines) is 1. The molecule has 0 aliphatic carbocycles. The molecule has 10 heteroatoms. The van der Waals surface area contributed by atoms with E-state index in [1.54, 1.807) is 12.1 Å². The van der Waals surface area contributed by atoms with E-state index in [1.807, 2.05) is 26.8 Å². The summed E-state index contributed by atoms with van der Waals surface area (Å²) in [6, 6.07) is 4.19. The maximum Gasteiger partial charge on any atom is 0.240 e. The Balaban J connectivity index is 2.14. The van der Waals surface area contributed by atoms with Gasteiger partial charge in [0.25, 0.3) is 0 Å². The monoisotopic (exact) mass is 414 g/mol. The van der Waals surface area contributed by atoms with Gasteiger partial charge in [-0.3, -0.25) is 9.59 Å². The minimum Gasteiger partial charge on any atom is -0.488 e. The van der Waals surface area contributed by atoms with Crippen LogP contribution < -0.4 is 10.5 Å². The molecule has 0 spiro atoms. The van der Waals surface area contributed by atoms with E-state index < -0.39 is 18.0 Å². The molecule has 1 heterocycles. The fourth-order valence-corrected chi connectivity index (χ4v) is 3.43. The molecular weight excluding hydrogens is 388 g/mol. The van der Waals surface area contributed by atoms with Crippen molar-refractivity contribution in [3.63, 3.8) is 0 Å². The number of aryl methyl sites for hydroxylation is 1. The molecule has 2 amide bonds. The molecule has 2 atom stereocenters. The van der Waals surface area contributed by atoms with Crippen LogP contribution in [0.1, 0.15) is 44.7 Å². The minimum absolute atomic E-state index is 0.126. The first-order chi connectivity index (χ1) is 14.1. The Morgan fingerprint density at radius 1 is 1.37 bits per heavy atom. The zero-order chi connectivity index (χ0) is 22.3. The average Bonchev–Trinajstić information content (AvgIpc) is 3.09. The van der Waals surface area contributed by atoms with Crippen molar-refractivity contribution in [3.05, 3.63) is 39.8 Å². The normalized spacial score (nSPS) is 18.3. The number of rotatable bonds is 8. The molecule has 1 saturated heterocycles. The average molecular weight is 414 g/mol. The third-order valence-corrected chi connectivity index (χ3v) is 4.67. The van der Waals surface area contributed by atoms with E-state index in [9.17, 15) is 14.4 Å². The quantitative estimate of drug-likeness (QED) is 0.228. The number of ether oxygens (including phenoxy) is 1. The van der Waals surface area contributed by atoms with Gasteiger partial charge in [-0.25, -0.2) is 9.79 Å². The lowest BCUT2D eigenvalue weighted by Gasteiger charge is -2.23. The molecule has 1 aliphatic heterocycles. The summed E-state index contributed by atoms with van der Waals surface area (Å²) in [5.74, 6) is -0.239. The van der Waals surface area contributed by atoms with Gasteiger partial charge in [-0.2, -0.15) is 0 Å². The van der Waals surface area contributed by atoms with Crippen LogP contribution in [-0.4, -0.2) is 47.0 Å². The van der Waals surface area contributed by atoms with Crippen LogP contribution in [0.4, 0.5) is 0 Å². The number of carbonyl (C=O) groups is 2. The van der Waals surface area contributed by atoms with Crippen molar-refractivity contribution in [3.8, 4) is 5.75 Å². The van der Waals surface area contributed by atoms with E-state index in [1.165, 1.54) is 11.0 Å². The van der Waals surface area contributed by atoms with Crippen molar-refractivity contribution in [1.29, 1.82) is 0 Å². The van der Waals surface area contributed by atoms with Crippen LogP contribution in [0.5, 0.6) is 5.75 Å². The van der Waals surface area contributed by atoms with E-state index in [2.05, 4.69) is 15.0 Å². The number of nitrogens with zero attached hydrogens (tertiary/aromatic N) is 5. The smallest absolute Gasteiger partial charge is 0.240 e. The zero-order valence-electron chi connectivity index (χ0n) is 17.4. The van der Waals surface area contributed by atoms with E-state index in [0.29, 0.717) is 12.2 Å². The Morgan fingerprint density at radius 3 is 2.70 bits per heavy atom. The number of primary amides is 1. The second-order valence-electron chi connectivity index (χ2n) is 8.11. The summed E-state index contributed by atoms with van der Waals surface area (Å²) >= 11 is 0. The first-order valence-electron chi connectivity index (χ1n) is 9.62.